The number of methoxy groups -OCH3 is 1. The van der Waals surface area contributed by atoms with E-state index in [1.54, 1.807) is 7.11 Å². The van der Waals surface area contributed by atoms with Crippen molar-refractivity contribution in [1.82, 2.24) is 15.5 Å². The van der Waals surface area contributed by atoms with Gasteiger partial charge in [-0.15, -0.1) is 24.0 Å². The molecule has 2 atom stereocenters. The van der Waals surface area contributed by atoms with Gasteiger partial charge in [-0.05, 0) is 50.8 Å². The summed E-state index contributed by atoms with van der Waals surface area (Å²) in [5.41, 5.74) is 1.28. The number of nitrogens with one attached hydrogen (secondary N) is 2. The van der Waals surface area contributed by atoms with Crippen LogP contribution < -0.4 is 15.4 Å². The molecule has 0 bridgehead atoms. The number of likely N-dealkylation sites (tertiary alicyclic amines) is 1. The molecule has 1 saturated heterocycles. The summed E-state index contributed by atoms with van der Waals surface area (Å²) in [4.78, 5) is 7.29. The number of rotatable bonds is 7. The first-order valence-corrected chi connectivity index (χ1v) is 9.45. The van der Waals surface area contributed by atoms with E-state index in [1.165, 1.54) is 5.56 Å². The second kappa shape index (κ2) is 11.6. The minimum absolute atomic E-state index is 0. The van der Waals surface area contributed by atoms with Gasteiger partial charge in [-0.1, -0.05) is 19.1 Å². The van der Waals surface area contributed by atoms with Gasteiger partial charge in [0.25, 0.3) is 0 Å². The summed E-state index contributed by atoms with van der Waals surface area (Å²) in [7, 11) is 1.69. The van der Waals surface area contributed by atoms with Gasteiger partial charge in [0, 0.05) is 38.3 Å². The predicted molar refractivity (Wildman–Crippen MR) is 121 cm³/mol. The van der Waals surface area contributed by atoms with E-state index in [4.69, 9.17) is 9.73 Å². The molecule has 148 valence electrons. The third-order valence-electron chi connectivity index (χ3n) is 4.87. The molecular weight excluding hydrogens is 439 g/mol. The molecule has 0 amide bonds. The molecular formula is C20H35IN4O. The van der Waals surface area contributed by atoms with Gasteiger partial charge < -0.3 is 15.4 Å². The van der Waals surface area contributed by atoms with E-state index in [0.29, 0.717) is 18.0 Å². The Hall–Kier alpha value is -1.02. The van der Waals surface area contributed by atoms with Crippen molar-refractivity contribution < 1.29 is 4.74 Å². The van der Waals surface area contributed by atoms with Crippen molar-refractivity contribution in [1.29, 1.82) is 0 Å². The molecule has 6 heteroatoms. The lowest BCUT2D eigenvalue weighted by Gasteiger charge is -2.22. The Bertz CT molecular complexity index is 547. The summed E-state index contributed by atoms with van der Waals surface area (Å²) in [6.07, 6.45) is 0.929. The Morgan fingerprint density at radius 3 is 2.50 bits per heavy atom. The number of hydrogen-bond donors (Lipinski definition) is 2. The highest BCUT2D eigenvalue weighted by Gasteiger charge is 2.31. The van der Waals surface area contributed by atoms with Gasteiger partial charge in [0.05, 0.1) is 7.11 Å². The smallest absolute Gasteiger partial charge is 0.191 e. The molecule has 0 radical (unpaired) electrons. The van der Waals surface area contributed by atoms with Crippen LogP contribution in [0, 0.1) is 5.92 Å². The Morgan fingerprint density at radius 2 is 1.96 bits per heavy atom. The van der Waals surface area contributed by atoms with Crippen LogP contribution in [0.3, 0.4) is 0 Å². The first-order chi connectivity index (χ1) is 12.0. The van der Waals surface area contributed by atoms with Crippen LogP contribution in [0.2, 0.25) is 0 Å². The molecule has 0 aliphatic carbocycles. The van der Waals surface area contributed by atoms with Crippen molar-refractivity contribution in [3.05, 3.63) is 29.8 Å². The maximum atomic E-state index is 5.20. The van der Waals surface area contributed by atoms with Crippen LogP contribution in [0.15, 0.2) is 29.3 Å². The molecule has 2 rings (SSSR count). The van der Waals surface area contributed by atoms with Crippen LogP contribution in [0.4, 0.5) is 0 Å². The standard InChI is InChI=1S/C20H34N4O.HI/c1-6-21-20(23-19-14-24(15(2)3)13-16(19)4)22-12-11-17-7-9-18(25-5)10-8-17;/h7-10,15-16,19H,6,11-14H2,1-5H3,(H2,21,22,23);1H. The average Bonchev–Trinajstić information content (AvgIpc) is 2.97. The van der Waals surface area contributed by atoms with E-state index in [1.807, 2.05) is 12.1 Å². The number of benzene rings is 1. The van der Waals surface area contributed by atoms with Crippen molar-refractivity contribution in [2.75, 3.05) is 33.3 Å². The number of aliphatic imine (C=N–C) groups is 1. The molecule has 1 aliphatic heterocycles. The van der Waals surface area contributed by atoms with Gasteiger partial charge in [0.2, 0.25) is 0 Å². The molecule has 2 N–H and O–H groups in total. The minimum atomic E-state index is 0. The number of halogens is 1. The van der Waals surface area contributed by atoms with Crippen molar-refractivity contribution in [2.45, 2.75) is 46.2 Å². The number of hydrogen-bond acceptors (Lipinski definition) is 3. The van der Waals surface area contributed by atoms with E-state index < -0.39 is 0 Å². The van der Waals surface area contributed by atoms with E-state index in [9.17, 15) is 0 Å². The zero-order chi connectivity index (χ0) is 18.2. The molecule has 1 aromatic rings. The third kappa shape index (κ3) is 6.95. The highest BCUT2D eigenvalue weighted by molar-refractivity contribution is 14.0. The Morgan fingerprint density at radius 1 is 1.27 bits per heavy atom. The summed E-state index contributed by atoms with van der Waals surface area (Å²) in [5, 5.41) is 7.01. The first-order valence-electron chi connectivity index (χ1n) is 9.45. The van der Waals surface area contributed by atoms with E-state index in [-0.39, 0.29) is 24.0 Å². The fourth-order valence-corrected chi connectivity index (χ4v) is 3.20. The van der Waals surface area contributed by atoms with Crippen LogP contribution in [-0.2, 0) is 6.42 Å². The second-order valence-electron chi connectivity index (χ2n) is 7.13. The average molecular weight is 474 g/mol. The molecule has 1 aliphatic rings. The molecule has 0 saturated carbocycles. The highest BCUT2D eigenvalue weighted by atomic mass is 127. The van der Waals surface area contributed by atoms with Gasteiger partial charge in [-0.2, -0.15) is 0 Å². The van der Waals surface area contributed by atoms with E-state index >= 15 is 0 Å². The summed E-state index contributed by atoms with van der Waals surface area (Å²) < 4.78 is 5.20. The van der Waals surface area contributed by atoms with E-state index in [2.05, 4.69) is 55.4 Å². The van der Waals surface area contributed by atoms with Gasteiger partial charge in [-0.3, -0.25) is 9.89 Å². The van der Waals surface area contributed by atoms with Crippen molar-refractivity contribution >= 4 is 29.9 Å². The van der Waals surface area contributed by atoms with Crippen molar-refractivity contribution in [2.24, 2.45) is 10.9 Å². The Kier molecular flexibility index (Phi) is 10.3. The summed E-state index contributed by atoms with van der Waals surface area (Å²) in [6.45, 7) is 12.9. The minimum Gasteiger partial charge on any atom is -0.497 e. The molecule has 1 aromatic carbocycles. The quantitative estimate of drug-likeness (QED) is 0.362. The van der Waals surface area contributed by atoms with Crippen LogP contribution in [0.1, 0.15) is 33.3 Å². The van der Waals surface area contributed by atoms with Crippen LogP contribution in [0.25, 0.3) is 0 Å². The van der Waals surface area contributed by atoms with E-state index in [0.717, 1.165) is 44.3 Å². The maximum Gasteiger partial charge on any atom is 0.191 e. The van der Waals surface area contributed by atoms with Crippen LogP contribution >= 0.6 is 24.0 Å². The molecule has 26 heavy (non-hydrogen) atoms. The van der Waals surface area contributed by atoms with Crippen LogP contribution in [-0.4, -0.2) is 56.2 Å². The molecule has 1 heterocycles. The Labute approximate surface area is 176 Å². The zero-order valence-corrected chi connectivity index (χ0v) is 19.1. The topological polar surface area (TPSA) is 48.9 Å². The van der Waals surface area contributed by atoms with Gasteiger partial charge >= 0.3 is 0 Å². The monoisotopic (exact) mass is 474 g/mol. The van der Waals surface area contributed by atoms with Crippen molar-refractivity contribution in [3.8, 4) is 5.75 Å². The highest BCUT2D eigenvalue weighted by Crippen LogP contribution is 2.18. The largest absolute Gasteiger partial charge is 0.497 e. The summed E-state index contributed by atoms with van der Waals surface area (Å²) in [6, 6.07) is 9.28. The number of ether oxygens (including phenoxy) is 1. The molecule has 1 fully saturated rings. The zero-order valence-electron chi connectivity index (χ0n) is 16.8. The summed E-state index contributed by atoms with van der Waals surface area (Å²) >= 11 is 0. The lowest BCUT2D eigenvalue weighted by molar-refractivity contribution is 0.265. The third-order valence-corrected chi connectivity index (χ3v) is 4.87. The first kappa shape index (κ1) is 23.0. The normalized spacial score (nSPS) is 20.8. The second-order valence-corrected chi connectivity index (χ2v) is 7.13. The SMILES string of the molecule is CCNC(=NCCc1ccc(OC)cc1)NC1CN(C(C)C)CC1C.I. The molecule has 0 spiro atoms. The fraction of sp³-hybridized carbons (Fsp3) is 0.650. The molecule has 5 nitrogen and oxygen atoms in total. The molecule has 2 unspecified atom stereocenters. The molecule has 0 aromatic heterocycles. The van der Waals surface area contributed by atoms with Gasteiger partial charge in [0.15, 0.2) is 5.96 Å². The predicted octanol–water partition coefficient (Wildman–Crippen LogP) is 3.14. The van der Waals surface area contributed by atoms with Gasteiger partial charge in [-0.25, -0.2) is 0 Å². The maximum absolute atomic E-state index is 5.20. The lowest BCUT2D eigenvalue weighted by atomic mass is 10.1. The van der Waals surface area contributed by atoms with Gasteiger partial charge in [0.1, 0.15) is 5.75 Å². The van der Waals surface area contributed by atoms with Crippen molar-refractivity contribution in [3.63, 3.8) is 0 Å². The summed E-state index contributed by atoms with van der Waals surface area (Å²) in [5.74, 6) is 2.46. The Balaban J connectivity index is 0.00000338. The fourth-order valence-electron chi connectivity index (χ4n) is 3.20. The number of nitrogens with zero attached hydrogens (tertiary/aromatic N) is 2. The van der Waals surface area contributed by atoms with Crippen LogP contribution in [0.5, 0.6) is 5.75 Å². The lowest BCUT2D eigenvalue weighted by Crippen LogP contribution is -2.46. The number of guanidine groups is 1.